The van der Waals surface area contributed by atoms with Gasteiger partial charge in [0, 0.05) is 97.9 Å². The van der Waals surface area contributed by atoms with Crippen molar-refractivity contribution >= 4 is 69.0 Å². The number of methoxy groups -OCH3 is 1. The van der Waals surface area contributed by atoms with E-state index in [4.69, 9.17) is 9.72 Å². The minimum Gasteiger partial charge on any atom is -0.494 e. The molecule has 13 heteroatoms. The Morgan fingerprint density at radius 2 is 1.73 bits per heavy atom. The number of halogens is 1. The van der Waals surface area contributed by atoms with Crippen molar-refractivity contribution in [1.29, 1.82) is 0 Å². The van der Waals surface area contributed by atoms with E-state index < -0.39 is 7.92 Å². The Labute approximate surface area is 273 Å². The topological polar surface area (TPSA) is 109 Å². The van der Waals surface area contributed by atoms with E-state index in [1.165, 1.54) is 0 Å². The van der Waals surface area contributed by atoms with E-state index in [0.29, 0.717) is 23.6 Å². The second-order valence-corrected chi connectivity index (χ2v) is 14.6. The summed E-state index contributed by atoms with van der Waals surface area (Å²) >= 11 is 3.64. The van der Waals surface area contributed by atoms with Crippen molar-refractivity contribution in [3.05, 3.63) is 59.7 Å². The van der Waals surface area contributed by atoms with Crippen LogP contribution in [0, 0.1) is 0 Å². The first kappa shape index (κ1) is 31.1. The second-order valence-electron chi connectivity index (χ2n) is 11.5. The lowest BCUT2D eigenvalue weighted by molar-refractivity contribution is 0.209. The lowest BCUT2D eigenvalue weighted by Gasteiger charge is -2.39. The molecule has 1 saturated heterocycles. The molecule has 1 fully saturated rings. The van der Waals surface area contributed by atoms with Gasteiger partial charge in [0.2, 0.25) is 5.95 Å². The van der Waals surface area contributed by atoms with Gasteiger partial charge in [-0.3, -0.25) is 19.5 Å². The summed E-state index contributed by atoms with van der Waals surface area (Å²) in [7, 11) is 3.14. The van der Waals surface area contributed by atoms with Gasteiger partial charge in [0.15, 0.2) is 0 Å². The molecule has 234 valence electrons. The smallest absolute Gasteiger partial charge is 0.229 e. The molecule has 0 spiro atoms. The van der Waals surface area contributed by atoms with Crippen LogP contribution in [0.5, 0.6) is 5.75 Å². The Bertz CT molecular complexity index is 1820. The van der Waals surface area contributed by atoms with E-state index >= 15 is 0 Å². The zero-order chi connectivity index (χ0) is 31.7. The van der Waals surface area contributed by atoms with E-state index in [0.717, 1.165) is 75.2 Å². The van der Waals surface area contributed by atoms with Gasteiger partial charge in [-0.15, -0.1) is 0 Å². The van der Waals surface area contributed by atoms with Crippen molar-refractivity contribution < 1.29 is 4.74 Å². The molecular weight excluding hydrogens is 651 g/mol. The molecule has 0 amide bonds. The molecule has 0 saturated carbocycles. The molecule has 0 radical (unpaired) electrons. The lowest BCUT2D eigenvalue weighted by Crippen LogP contribution is -2.49. The number of hydrogen-bond acceptors (Lipinski definition) is 10. The molecule has 6 rings (SSSR count). The van der Waals surface area contributed by atoms with Gasteiger partial charge >= 0.3 is 0 Å². The van der Waals surface area contributed by atoms with Crippen LogP contribution in [0.15, 0.2) is 59.7 Å². The first-order valence-electron chi connectivity index (χ1n) is 14.9. The summed E-state index contributed by atoms with van der Waals surface area (Å²) in [4.78, 5) is 23.5. The van der Waals surface area contributed by atoms with Gasteiger partial charge in [0.05, 0.1) is 34.5 Å². The van der Waals surface area contributed by atoms with Gasteiger partial charge in [-0.1, -0.05) is 7.92 Å². The highest BCUT2D eigenvalue weighted by Crippen LogP contribution is 2.41. The first-order valence-corrected chi connectivity index (χ1v) is 17.9. The van der Waals surface area contributed by atoms with Crippen molar-refractivity contribution in [3.63, 3.8) is 0 Å². The fraction of sp³-hybridized carbons (Fsp3) is 0.344. The highest BCUT2D eigenvalue weighted by molar-refractivity contribution is 9.10. The van der Waals surface area contributed by atoms with Crippen LogP contribution in [0.1, 0.15) is 13.8 Å². The molecule has 2 N–H and O–H groups in total. The van der Waals surface area contributed by atoms with Crippen LogP contribution in [-0.2, 0) is 7.05 Å². The van der Waals surface area contributed by atoms with Crippen LogP contribution >= 0.6 is 23.9 Å². The molecule has 5 aromatic rings. The number of aryl methyl sites for hydroxylation is 1. The SMILES string of the molecule is COc1cc(N2CCN(C(C)C)CC2)c(-c2cnn(C)c2)cc1Nc1ncc(Br)c(Nc2ccc3nccnc3c2P(C)C)n1. The molecule has 0 aliphatic carbocycles. The Balaban J connectivity index is 1.34. The molecule has 45 heavy (non-hydrogen) atoms. The molecule has 0 atom stereocenters. The monoisotopic (exact) mass is 688 g/mol. The maximum atomic E-state index is 5.93. The summed E-state index contributed by atoms with van der Waals surface area (Å²) in [5.74, 6) is 1.79. The predicted octanol–water partition coefficient (Wildman–Crippen LogP) is 5.98. The van der Waals surface area contributed by atoms with Crippen molar-refractivity contribution in [1.82, 2.24) is 34.6 Å². The molecular formula is C32H38BrN10OP. The molecule has 11 nitrogen and oxygen atoms in total. The summed E-state index contributed by atoms with van der Waals surface area (Å²) in [5, 5.41) is 12.6. The highest BCUT2D eigenvalue weighted by Gasteiger charge is 2.24. The molecule has 0 bridgehead atoms. The highest BCUT2D eigenvalue weighted by atomic mass is 79.9. The average molecular weight is 690 g/mol. The number of hydrogen-bond donors (Lipinski definition) is 2. The van der Waals surface area contributed by atoms with Crippen LogP contribution in [0.25, 0.3) is 22.2 Å². The summed E-state index contributed by atoms with van der Waals surface area (Å²) in [6, 6.07) is 8.78. The number of fused-ring (bicyclic) bond motifs is 1. The Morgan fingerprint density at radius 1 is 0.956 bits per heavy atom. The summed E-state index contributed by atoms with van der Waals surface area (Å²) < 4.78 is 8.50. The molecule has 4 heterocycles. The van der Waals surface area contributed by atoms with Crippen molar-refractivity contribution in [3.8, 4) is 16.9 Å². The number of piperazine rings is 1. The van der Waals surface area contributed by atoms with E-state index in [-0.39, 0.29) is 0 Å². The third-order valence-electron chi connectivity index (χ3n) is 8.02. The van der Waals surface area contributed by atoms with E-state index in [1.807, 2.05) is 36.3 Å². The quantitative estimate of drug-likeness (QED) is 0.180. The molecule has 0 unspecified atom stereocenters. The minimum atomic E-state index is -0.484. The number of ether oxygens (including phenoxy) is 1. The van der Waals surface area contributed by atoms with Gasteiger partial charge in [0.25, 0.3) is 0 Å². The fourth-order valence-electron chi connectivity index (χ4n) is 5.71. The molecule has 2 aromatic carbocycles. The Kier molecular flexibility index (Phi) is 9.16. The lowest BCUT2D eigenvalue weighted by atomic mass is 10.0. The normalized spacial score (nSPS) is 14.0. The van der Waals surface area contributed by atoms with Crippen LogP contribution < -0.4 is 25.6 Å². The Morgan fingerprint density at radius 3 is 2.42 bits per heavy atom. The number of anilines is 5. The number of benzene rings is 2. The van der Waals surface area contributed by atoms with Gasteiger partial charge < -0.3 is 20.3 Å². The average Bonchev–Trinajstić information content (AvgIpc) is 3.48. The zero-order valence-electron chi connectivity index (χ0n) is 26.4. The number of nitrogens with one attached hydrogen (secondary N) is 2. The third kappa shape index (κ3) is 6.59. The third-order valence-corrected chi connectivity index (χ3v) is 9.95. The fourth-order valence-corrected chi connectivity index (χ4v) is 7.20. The molecule has 1 aliphatic rings. The van der Waals surface area contributed by atoms with Crippen molar-refractivity contribution in [2.75, 3.05) is 62.2 Å². The Hall–Kier alpha value is -3.86. The number of rotatable bonds is 9. The van der Waals surface area contributed by atoms with Crippen molar-refractivity contribution in [2.45, 2.75) is 19.9 Å². The van der Waals surface area contributed by atoms with Crippen LogP contribution in [0.3, 0.4) is 0 Å². The maximum Gasteiger partial charge on any atom is 0.229 e. The van der Waals surface area contributed by atoms with Gasteiger partial charge in [-0.25, -0.2) is 4.98 Å². The first-order chi connectivity index (χ1) is 21.7. The van der Waals surface area contributed by atoms with Crippen LogP contribution in [0.2, 0.25) is 0 Å². The standard InChI is InChI=1S/C32H38BrN10OP/c1-20(2)42-11-13-43(14-12-42)27-16-28(44-4)26(15-22(27)21-17-37-41(3)19-21)39-32-36-18-23(33)31(40-32)38-25-8-7-24-29(30(25)45(5)6)35-10-9-34-24/h7-10,15-20H,11-14H2,1-6H3,(H2,36,38,39,40). The zero-order valence-corrected chi connectivity index (χ0v) is 28.9. The largest absolute Gasteiger partial charge is 0.494 e. The summed E-state index contributed by atoms with van der Waals surface area (Å²) in [6.45, 7) is 12.8. The van der Waals surface area contributed by atoms with Crippen LogP contribution in [-0.4, -0.2) is 87.3 Å². The van der Waals surface area contributed by atoms with Gasteiger partial charge in [-0.05, 0) is 61.3 Å². The van der Waals surface area contributed by atoms with Gasteiger partial charge in [-0.2, -0.15) is 10.1 Å². The molecule has 1 aliphatic heterocycles. The van der Waals surface area contributed by atoms with E-state index in [9.17, 15) is 0 Å². The van der Waals surface area contributed by atoms with Crippen molar-refractivity contribution in [2.24, 2.45) is 7.05 Å². The minimum absolute atomic E-state index is 0.437. The predicted molar refractivity (Wildman–Crippen MR) is 188 cm³/mol. The summed E-state index contributed by atoms with van der Waals surface area (Å²) in [5.41, 5.74) is 6.72. The van der Waals surface area contributed by atoms with Crippen LogP contribution in [0.4, 0.5) is 28.8 Å². The van der Waals surface area contributed by atoms with Gasteiger partial charge in [0.1, 0.15) is 11.6 Å². The summed E-state index contributed by atoms with van der Waals surface area (Å²) in [6.07, 6.45) is 9.15. The number of aromatic nitrogens is 6. The molecule has 3 aromatic heterocycles. The second kappa shape index (κ2) is 13.2. The maximum absolute atomic E-state index is 5.93. The van der Waals surface area contributed by atoms with E-state index in [2.05, 4.69) is 95.7 Å². The number of nitrogens with zero attached hydrogens (tertiary/aromatic N) is 8. The van der Waals surface area contributed by atoms with E-state index in [1.54, 1.807) is 25.7 Å².